The molecule has 2 aromatic rings. The second-order valence-electron chi connectivity index (χ2n) is 8.52. The van der Waals surface area contributed by atoms with E-state index in [1.54, 1.807) is 19.2 Å². The zero-order chi connectivity index (χ0) is 24.9. The van der Waals surface area contributed by atoms with E-state index in [2.05, 4.69) is 16.0 Å². The molecule has 2 aromatic carbocycles. The molecular formula is C24H29N3O7. The van der Waals surface area contributed by atoms with E-state index < -0.39 is 30.0 Å². The lowest BCUT2D eigenvalue weighted by Gasteiger charge is -2.34. The monoisotopic (exact) mass is 471 g/mol. The van der Waals surface area contributed by atoms with Crippen molar-refractivity contribution in [2.24, 2.45) is 0 Å². The number of carbonyl (C=O) groups is 4. The van der Waals surface area contributed by atoms with Gasteiger partial charge in [0.05, 0.1) is 13.1 Å². The number of nitrogens with one attached hydrogen (secondary N) is 3. The molecule has 34 heavy (non-hydrogen) atoms. The average molecular weight is 472 g/mol. The predicted molar refractivity (Wildman–Crippen MR) is 124 cm³/mol. The van der Waals surface area contributed by atoms with Crippen LogP contribution < -0.4 is 30.2 Å². The van der Waals surface area contributed by atoms with Crippen molar-refractivity contribution in [3.8, 4) is 17.2 Å². The van der Waals surface area contributed by atoms with Gasteiger partial charge in [0, 0.05) is 23.3 Å². The van der Waals surface area contributed by atoms with Gasteiger partial charge in [-0.25, -0.2) is 4.79 Å². The van der Waals surface area contributed by atoms with Crippen molar-refractivity contribution < 1.29 is 33.4 Å². The van der Waals surface area contributed by atoms with Gasteiger partial charge < -0.3 is 30.2 Å². The van der Waals surface area contributed by atoms with E-state index in [4.69, 9.17) is 14.2 Å². The fourth-order valence-electron chi connectivity index (χ4n) is 3.64. The number of hydrogen-bond acceptors (Lipinski definition) is 8. The molecule has 0 spiro atoms. The summed E-state index contributed by atoms with van der Waals surface area (Å²) in [5.41, 5.74) is 0.237. The summed E-state index contributed by atoms with van der Waals surface area (Å²) in [6.45, 7) is 4.59. The van der Waals surface area contributed by atoms with E-state index in [1.807, 2.05) is 26.0 Å². The summed E-state index contributed by atoms with van der Waals surface area (Å²) in [5, 5.41) is 8.74. The van der Waals surface area contributed by atoms with E-state index >= 15 is 0 Å². The molecule has 1 aliphatic rings. The number of amides is 2. The molecule has 0 radical (unpaired) electrons. The first-order valence-electron chi connectivity index (χ1n) is 10.9. The Labute approximate surface area is 197 Å². The quantitative estimate of drug-likeness (QED) is 0.387. The van der Waals surface area contributed by atoms with Crippen LogP contribution >= 0.6 is 0 Å². The lowest BCUT2D eigenvalue weighted by molar-refractivity contribution is -0.136. The van der Waals surface area contributed by atoms with Crippen LogP contribution in [0.15, 0.2) is 24.3 Å². The van der Waals surface area contributed by atoms with E-state index in [0.29, 0.717) is 29.5 Å². The van der Waals surface area contributed by atoms with Crippen LogP contribution in [0, 0.1) is 0 Å². The Morgan fingerprint density at radius 2 is 1.59 bits per heavy atom. The molecule has 2 amide bonds. The first-order valence-corrected chi connectivity index (χ1v) is 10.9. The number of likely N-dealkylation sites (N-methyl/N-ethyl adjacent to an activating group) is 1. The standard InChI is InChI=1S/C24H29N3O7/c1-14(28)32-23-17-9-10-24(2,3)34-21(17)15-7-5-6-8-16(15)22(23)33-20(31)13-27-19(30)12-26-18(29)11-25-4/h5-8,25H,9-13H2,1-4H3,(H,26,29)(H,27,30). The van der Waals surface area contributed by atoms with Crippen LogP contribution in [-0.2, 0) is 25.6 Å². The Balaban J connectivity index is 1.85. The summed E-state index contributed by atoms with van der Waals surface area (Å²) in [6, 6.07) is 7.20. The van der Waals surface area contributed by atoms with Gasteiger partial charge in [0.15, 0.2) is 11.5 Å². The third kappa shape index (κ3) is 6.02. The van der Waals surface area contributed by atoms with Gasteiger partial charge in [-0.15, -0.1) is 0 Å². The summed E-state index contributed by atoms with van der Waals surface area (Å²) in [4.78, 5) is 47.9. The summed E-state index contributed by atoms with van der Waals surface area (Å²) in [7, 11) is 1.61. The van der Waals surface area contributed by atoms with Crippen LogP contribution in [-0.4, -0.2) is 56.0 Å². The van der Waals surface area contributed by atoms with Gasteiger partial charge in [-0.05, 0) is 33.7 Å². The fourth-order valence-corrected chi connectivity index (χ4v) is 3.64. The molecule has 0 saturated heterocycles. The van der Waals surface area contributed by atoms with E-state index in [9.17, 15) is 19.2 Å². The van der Waals surface area contributed by atoms with E-state index in [0.717, 1.165) is 5.39 Å². The van der Waals surface area contributed by atoms with E-state index in [-0.39, 0.29) is 30.5 Å². The van der Waals surface area contributed by atoms with Crippen molar-refractivity contribution >= 4 is 34.5 Å². The van der Waals surface area contributed by atoms with E-state index in [1.165, 1.54) is 6.92 Å². The van der Waals surface area contributed by atoms with Crippen molar-refractivity contribution in [2.75, 3.05) is 26.7 Å². The first-order chi connectivity index (χ1) is 16.1. The highest BCUT2D eigenvalue weighted by Crippen LogP contribution is 2.50. The highest BCUT2D eigenvalue weighted by atomic mass is 16.6. The van der Waals surface area contributed by atoms with Gasteiger partial charge in [-0.2, -0.15) is 0 Å². The summed E-state index contributed by atoms with van der Waals surface area (Å²) >= 11 is 0. The Hall–Kier alpha value is -3.66. The van der Waals surface area contributed by atoms with Crippen LogP contribution in [0.3, 0.4) is 0 Å². The number of rotatable bonds is 8. The maximum Gasteiger partial charge on any atom is 0.330 e. The molecule has 3 N–H and O–H groups in total. The van der Waals surface area contributed by atoms with Crippen LogP contribution in [0.25, 0.3) is 10.8 Å². The van der Waals surface area contributed by atoms with Crippen LogP contribution in [0.4, 0.5) is 0 Å². The van der Waals surface area contributed by atoms with Gasteiger partial charge in [0.1, 0.15) is 17.9 Å². The maximum absolute atomic E-state index is 12.6. The van der Waals surface area contributed by atoms with Crippen molar-refractivity contribution in [1.29, 1.82) is 0 Å². The molecule has 0 fully saturated rings. The maximum atomic E-state index is 12.6. The SMILES string of the molecule is CNCC(=O)NCC(=O)NCC(=O)Oc1c(OC(C)=O)c2c(c3ccccc13)OC(C)(C)CC2. The van der Waals surface area contributed by atoms with Crippen LogP contribution in [0.1, 0.15) is 32.8 Å². The Kier molecular flexibility index (Phi) is 7.72. The molecule has 0 unspecified atom stereocenters. The summed E-state index contributed by atoms with van der Waals surface area (Å²) in [6.07, 6.45) is 1.23. The molecule has 3 rings (SSSR count). The van der Waals surface area contributed by atoms with Crippen LogP contribution in [0.2, 0.25) is 0 Å². The third-order valence-electron chi connectivity index (χ3n) is 5.20. The molecule has 0 bridgehead atoms. The lowest BCUT2D eigenvalue weighted by atomic mass is 9.91. The predicted octanol–water partition coefficient (Wildman–Crippen LogP) is 1.23. The molecule has 10 heteroatoms. The third-order valence-corrected chi connectivity index (χ3v) is 5.20. The minimum Gasteiger partial charge on any atom is -0.487 e. The second kappa shape index (κ2) is 10.5. The number of fused-ring (bicyclic) bond motifs is 3. The van der Waals surface area contributed by atoms with Crippen molar-refractivity contribution in [3.63, 3.8) is 0 Å². The number of ether oxygens (including phenoxy) is 3. The minimum atomic E-state index is -0.759. The molecule has 0 aliphatic carbocycles. The normalized spacial score (nSPS) is 13.9. The second-order valence-corrected chi connectivity index (χ2v) is 8.52. The average Bonchev–Trinajstić information content (AvgIpc) is 2.78. The molecule has 10 nitrogen and oxygen atoms in total. The molecular weight excluding hydrogens is 442 g/mol. The molecule has 1 aliphatic heterocycles. The Morgan fingerprint density at radius 1 is 0.941 bits per heavy atom. The molecule has 0 aromatic heterocycles. The number of carbonyl (C=O) groups excluding carboxylic acids is 4. The summed E-state index contributed by atoms with van der Waals surface area (Å²) < 4.78 is 17.3. The fraction of sp³-hybridized carbons (Fsp3) is 0.417. The zero-order valence-electron chi connectivity index (χ0n) is 19.7. The number of benzene rings is 2. The zero-order valence-corrected chi connectivity index (χ0v) is 19.7. The first kappa shape index (κ1) is 25.0. The van der Waals surface area contributed by atoms with Crippen molar-refractivity contribution in [1.82, 2.24) is 16.0 Å². The lowest BCUT2D eigenvalue weighted by Crippen LogP contribution is -2.42. The van der Waals surface area contributed by atoms with Gasteiger partial charge >= 0.3 is 11.9 Å². The molecule has 0 atom stereocenters. The molecule has 182 valence electrons. The topological polar surface area (TPSA) is 132 Å². The Morgan fingerprint density at radius 3 is 2.26 bits per heavy atom. The smallest absolute Gasteiger partial charge is 0.330 e. The van der Waals surface area contributed by atoms with Crippen LogP contribution in [0.5, 0.6) is 17.2 Å². The summed E-state index contributed by atoms with van der Waals surface area (Å²) in [5.74, 6) is -1.40. The van der Waals surface area contributed by atoms with Crippen molar-refractivity contribution in [3.05, 3.63) is 29.8 Å². The molecule has 1 heterocycles. The van der Waals surface area contributed by atoms with Gasteiger partial charge in [0.25, 0.3) is 0 Å². The van der Waals surface area contributed by atoms with Crippen molar-refractivity contribution in [2.45, 2.75) is 39.2 Å². The largest absolute Gasteiger partial charge is 0.487 e. The molecule has 0 saturated carbocycles. The number of hydrogen-bond donors (Lipinski definition) is 3. The highest BCUT2D eigenvalue weighted by Gasteiger charge is 2.33. The van der Waals surface area contributed by atoms with Gasteiger partial charge in [-0.3, -0.25) is 14.4 Å². The number of esters is 2. The van der Waals surface area contributed by atoms with Gasteiger partial charge in [0.2, 0.25) is 11.8 Å². The minimum absolute atomic E-state index is 0.0700. The van der Waals surface area contributed by atoms with Gasteiger partial charge in [-0.1, -0.05) is 24.3 Å². The Bertz CT molecular complexity index is 1130. The highest BCUT2D eigenvalue weighted by molar-refractivity contribution is 6.00.